The minimum atomic E-state index is -5.10. The number of nitrogen functional groups attached to an aromatic ring is 1. The molecule has 28 heteroatoms. The van der Waals surface area contributed by atoms with Gasteiger partial charge >= 0.3 is 0 Å². The van der Waals surface area contributed by atoms with Crippen LogP contribution in [0, 0.1) is 25.2 Å². The fourth-order valence-corrected chi connectivity index (χ4v) is 8.77. The first-order valence-corrected chi connectivity index (χ1v) is 26.0. The maximum atomic E-state index is 12.2. The topological polar surface area (TPSA) is 388 Å². The van der Waals surface area contributed by atoms with Gasteiger partial charge in [0.15, 0.2) is 11.3 Å². The van der Waals surface area contributed by atoms with Crippen molar-refractivity contribution < 1.29 is 61.7 Å². The molecule has 0 unspecified atom stereocenters. The summed E-state index contributed by atoms with van der Waals surface area (Å²) in [7, 11) is -19.3. The first-order valence-electron chi connectivity index (χ1n) is 20.1. The van der Waals surface area contributed by atoms with Crippen molar-refractivity contribution in [2.45, 2.75) is 55.7 Å². The molecule has 0 saturated carbocycles. The molecular weight excluding hydrogens is 997 g/mol. The van der Waals surface area contributed by atoms with Crippen molar-refractivity contribution in [3.05, 3.63) is 95.3 Å². The van der Waals surface area contributed by atoms with Crippen molar-refractivity contribution in [1.82, 2.24) is 9.38 Å². The number of ether oxygens (including phenoxy) is 1. The Bertz CT molecular complexity index is 3730. The number of azo groups is 3. The summed E-state index contributed by atoms with van der Waals surface area (Å²) < 4.78 is 141. The fraction of sp³-hybridized carbons (Fsp3) is 0.190. The second kappa shape index (κ2) is 21.1. The van der Waals surface area contributed by atoms with Crippen LogP contribution in [0.2, 0.25) is 0 Å². The molecule has 6 rings (SSSR count). The van der Waals surface area contributed by atoms with E-state index in [1.54, 1.807) is 26.0 Å². The van der Waals surface area contributed by atoms with E-state index in [0.717, 1.165) is 12.1 Å². The van der Waals surface area contributed by atoms with E-state index in [2.05, 4.69) is 48.3 Å². The summed E-state index contributed by atoms with van der Waals surface area (Å²) >= 11 is 0. The molecule has 2 heterocycles. The van der Waals surface area contributed by atoms with Gasteiger partial charge in [-0.1, -0.05) is 32.6 Å². The highest BCUT2D eigenvalue weighted by atomic mass is 32.2. The van der Waals surface area contributed by atoms with Gasteiger partial charge in [-0.25, -0.2) is 4.98 Å². The van der Waals surface area contributed by atoms with E-state index in [9.17, 15) is 62.3 Å². The Balaban J connectivity index is 0.00000450. The minimum Gasteiger partial charge on any atom is -0.493 e. The molecule has 0 aliphatic heterocycles. The molecule has 0 aliphatic rings. The van der Waals surface area contributed by atoms with Gasteiger partial charge in [-0.15, -0.1) is 25.6 Å². The molecule has 70 heavy (non-hydrogen) atoms. The summed E-state index contributed by atoms with van der Waals surface area (Å²) in [6.45, 7) is 12.4. The average Bonchev–Trinajstić information content (AvgIpc) is 3.64. The van der Waals surface area contributed by atoms with Crippen molar-refractivity contribution in [1.29, 1.82) is 5.26 Å². The number of nitrogens with two attached hydrogens (primary N) is 1. The fourth-order valence-electron chi connectivity index (χ4n) is 6.52. The van der Waals surface area contributed by atoms with Crippen LogP contribution >= 0.6 is 0 Å². The van der Waals surface area contributed by atoms with E-state index in [4.69, 9.17) is 10.5 Å². The minimum absolute atomic E-state index is 0.0247. The van der Waals surface area contributed by atoms with E-state index in [-0.39, 0.29) is 74.8 Å². The van der Waals surface area contributed by atoms with Crippen LogP contribution in [0.25, 0.3) is 28.6 Å². The number of aromatic hydroxyl groups is 1. The Kier molecular flexibility index (Phi) is 16.2. The van der Waals surface area contributed by atoms with E-state index in [0.29, 0.717) is 29.1 Å². The lowest BCUT2D eigenvalue weighted by atomic mass is 10.1. The maximum Gasteiger partial charge on any atom is 0.296 e. The Labute approximate surface area is 400 Å². The van der Waals surface area contributed by atoms with Crippen molar-refractivity contribution in [3.63, 3.8) is 0 Å². The number of hydrogen-bond donors (Lipinski definition) is 6. The molecule has 0 aliphatic carbocycles. The predicted octanol–water partition coefficient (Wildman–Crippen LogP) is 9.61. The quantitative estimate of drug-likeness (QED) is 0.0227. The molecule has 368 valence electrons. The van der Waals surface area contributed by atoms with Crippen molar-refractivity contribution >= 4 is 109 Å². The molecule has 2 aromatic heterocycles. The molecular formula is C42H42N10O14S4. The molecule has 4 aromatic carbocycles. The molecule has 0 saturated heterocycles. The van der Waals surface area contributed by atoms with Crippen LogP contribution < -0.4 is 10.5 Å². The highest BCUT2D eigenvalue weighted by Gasteiger charge is 2.25. The highest BCUT2D eigenvalue weighted by Crippen LogP contribution is 2.43. The number of aryl methyl sites for hydroxylation is 1. The highest BCUT2D eigenvalue weighted by molar-refractivity contribution is 7.86. The van der Waals surface area contributed by atoms with Crippen LogP contribution in [0.15, 0.2) is 113 Å². The van der Waals surface area contributed by atoms with Gasteiger partial charge in [-0.2, -0.15) is 44.0 Å². The average molecular weight is 1040 g/mol. The van der Waals surface area contributed by atoms with Crippen LogP contribution in [0.1, 0.15) is 55.3 Å². The molecule has 6 aromatic rings. The summed E-state index contributed by atoms with van der Waals surface area (Å²) in [5.74, 6) is -1.12. The van der Waals surface area contributed by atoms with E-state index in [1.165, 1.54) is 47.7 Å². The lowest BCUT2D eigenvalue weighted by molar-refractivity contribution is 0.317. The second-order valence-corrected chi connectivity index (χ2v) is 20.1. The molecule has 0 bridgehead atoms. The molecule has 0 fully saturated rings. The van der Waals surface area contributed by atoms with Crippen LogP contribution in [0.4, 0.5) is 39.8 Å². The SMILES string of the molecule is C=Cc1nc2c(C#N)c(C)c(N=Nc3cc(C)c(N=Nc4ccc(N=Nc5cc(S(=O)(=O)O)c(N)cc5S(=O)(=O)O)c5ccc(S(=O)(=O)O)cc45)cc3OCCCS(=O)(=O)O)c(O)n2c1/C=C\C.CC. The maximum absolute atomic E-state index is 12.2. The van der Waals surface area contributed by atoms with Gasteiger partial charge in [0.2, 0.25) is 5.88 Å². The van der Waals surface area contributed by atoms with Crippen molar-refractivity contribution in [2.24, 2.45) is 30.7 Å². The lowest BCUT2D eigenvalue weighted by Crippen LogP contribution is -2.08. The number of imidazole rings is 1. The van der Waals surface area contributed by atoms with Crippen molar-refractivity contribution in [2.75, 3.05) is 18.1 Å². The number of nitrogens with zero attached hydrogens (tertiary/aromatic N) is 9. The lowest BCUT2D eigenvalue weighted by Gasteiger charge is -2.12. The van der Waals surface area contributed by atoms with Crippen LogP contribution in [-0.2, 0) is 40.5 Å². The van der Waals surface area contributed by atoms with Crippen LogP contribution in [0.3, 0.4) is 0 Å². The molecule has 0 atom stereocenters. The third-order valence-corrected chi connectivity index (χ3v) is 13.2. The molecule has 0 amide bonds. The largest absolute Gasteiger partial charge is 0.493 e. The molecule has 24 nitrogen and oxygen atoms in total. The zero-order valence-corrected chi connectivity index (χ0v) is 40.7. The molecule has 7 N–H and O–H groups in total. The summed E-state index contributed by atoms with van der Waals surface area (Å²) in [5.41, 5.74) is 5.55. The standard InChI is InChI=1S/C40H36N10O14S4.C2H6/c1-5-8-34-28(6-2)43-39-26(20-41)22(4)38(40(51)50(34)39)49-47-32-15-21(3)31(18-35(32)64-13-7-14-65(52,53)54)46-45-30-12-11-29(24-10-9-23(16-25(24)30)66(55,56)57)44-48-33-19-36(67(58,59)60)27(42)17-37(33)68(61,62)63;1-2/h5-6,8-12,15-19,51H,2,7,13-14,42H2,1,3-4H3,(H,52,53,54)(H,55,56,57)(H,58,59,60)(H,61,62,63);1-2H3/b8-5-,46-45?,48-44?,49-47?;. The summed E-state index contributed by atoms with van der Waals surface area (Å²) in [6, 6.07) is 11.7. The Morgan fingerprint density at radius 3 is 1.94 bits per heavy atom. The zero-order valence-electron chi connectivity index (χ0n) is 37.4. The first kappa shape index (κ1) is 53.6. The van der Waals surface area contributed by atoms with Gasteiger partial charge in [-0.05, 0) is 87.4 Å². The first-order chi connectivity index (χ1) is 32.8. The van der Waals surface area contributed by atoms with Gasteiger partial charge in [0.25, 0.3) is 40.5 Å². The third-order valence-electron chi connectivity index (χ3n) is 9.71. The smallest absolute Gasteiger partial charge is 0.296 e. The van der Waals surface area contributed by atoms with Gasteiger partial charge in [-0.3, -0.25) is 22.6 Å². The summed E-state index contributed by atoms with van der Waals surface area (Å²) in [4.78, 5) is 1.93. The number of allylic oxidation sites excluding steroid dienone is 1. The number of pyridine rings is 1. The summed E-state index contributed by atoms with van der Waals surface area (Å²) in [6.07, 6.45) is 4.63. The number of nitriles is 1. The van der Waals surface area contributed by atoms with Gasteiger partial charge < -0.3 is 15.6 Å². The molecule has 0 radical (unpaired) electrons. The number of anilines is 1. The van der Waals surface area contributed by atoms with E-state index in [1.807, 2.05) is 13.8 Å². The zero-order chi connectivity index (χ0) is 52.1. The van der Waals surface area contributed by atoms with Crippen LogP contribution in [0.5, 0.6) is 11.6 Å². The van der Waals surface area contributed by atoms with Gasteiger partial charge in [0, 0.05) is 22.4 Å². The van der Waals surface area contributed by atoms with Crippen molar-refractivity contribution in [3.8, 4) is 17.7 Å². The monoisotopic (exact) mass is 1040 g/mol. The Morgan fingerprint density at radius 2 is 1.37 bits per heavy atom. The predicted molar refractivity (Wildman–Crippen MR) is 257 cm³/mol. The second-order valence-electron chi connectivity index (χ2n) is 14.3. The number of hydrogen-bond acceptors (Lipinski definition) is 19. The number of fused-ring (bicyclic) bond motifs is 2. The molecule has 0 spiro atoms. The third kappa shape index (κ3) is 11.9. The Morgan fingerprint density at radius 1 is 0.771 bits per heavy atom. The van der Waals surface area contributed by atoms with Gasteiger partial charge in [0.05, 0.1) is 51.4 Å². The normalized spacial score (nSPS) is 12.6. The number of aromatic nitrogens is 2. The van der Waals surface area contributed by atoms with E-state index < -0.39 is 78.2 Å². The number of rotatable bonds is 16. The number of benzene rings is 4. The van der Waals surface area contributed by atoms with E-state index >= 15 is 0 Å². The summed E-state index contributed by atoms with van der Waals surface area (Å²) in [5, 5.41) is 46.6. The van der Waals surface area contributed by atoms with Gasteiger partial charge in [0.1, 0.15) is 38.5 Å². The Hall–Kier alpha value is -7.36. The van der Waals surface area contributed by atoms with Crippen LogP contribution in [-0.4, -0.2) is 78.7 Å².